The second-order valence-electron chi connectivity index (χ2n) is 4.10. The Morgan fingerprint density at radius 3 is 2.63 bits per heavy atom. The summed E-state index contributed by atoms with van der Waals surface area (Å²) in [5, 5.41) is 10.3. The van der Waals surface area contributed by atoms with Gasteiger partial charge in [-0.15, -0.1) is 0 Å². The number of aliphatic hydroxyl groups is 1. The fraction of sp³-hybridized carbons (Fsp3) is 0.143. The van der Waals surface area contributed by atoms with Gasteiger partial charge in [0.2, 0.25) is 0 Å². The molecule has 0 bridgehead atoms. The zero-order chi connectivity index (χ0) is 14.0. The normalized spacial score (nSPS) is 12.5. The van der Waals surface area contributed by atoms with Crippen LogP contribution < -0.4 is 0 Å². The van der Waals surface area contributed by atoms with Gasteiger partial charge in [0.05, 0.1) is 10.6 Å². The van der Waals surface area contributed by atoms with E-state index >= 15 is 0 Å². The molecule has 0 aliphatic carbocycles. The second kappa shape index (κ2) is 5.99. The first-order valence-electron chi connectivity index (χ1n) is 5.55. The fourth-order valence-corrected chi connectivity index (χ4v) is 2.41. The van der Waals surface area contributed by atoms with Crippen LogP contribution in [0.4, 0.5) is 8.78 Å². The summed E-state index contributed by atoms with van der Waals surface area (Å²) >= 11 is 8.94. The summed E-state index contributed by atoms with van der Waals surface area (Å²) in [6.07, 6.45) is -0.924. The zero-order valence-electron chi connectivity index (χ0n) is 9.71. The van der Waals surface area contributed by atoms with E-state index in [-0.39, 0.29) is 21.5 Å². The molecule has 0 fully saturated rings. The van der Waals surface area contributed by atoms with E-state index in [2.05, 4.69) is 15.9 Å². The molecule has 0 saturated heterocycles. The molecule has 1 nitrogen and oxygen atoms in total. The monoisotopic (exact) mass is 346 g/mol. The Morgan fingerprint density at radius 2 is 1.95 bits per heavy atom. The maximum Gasteiger partial charge on any atom is 0.143 e. The molecule has 0 aliphatic rings. The van der Waals surface area contributed by atoms with Crippen molar-refractivity contribution < 1.29 is 13.9 Å². The predicted molar refractivity (Wildman–Crippen MR) is 74.2 cm³/mol. The third-order valence-electron chi connectivity index (χ3n) is 2.77. The lowest BCUT2D eigenvalue weighted by molar-refractivity contribution is 0.173. The van der Waals surface area contributed by atoms with E-state index in [4.69, 9.17) is 11.6 Å². The highest BCUT2D eigenvalue weighted by Crippen LogP contribution is 2.28. The highest BCUT2D eigenvalue weighted by molar-refractivity contribution is 9.10. The van der Waals surface area contributed by atoms with E-state index in [1.165, 1.54) is 24.3 Å². The molecule has 100 valence electrons. The molecular weight excluding hydrogens is 338 g/mol. The van der Waals surface area contributed by atoms with Crippen LogP contribution >= 0.6 is 27.5 Å². The number of halogens is 4. The summed E-state index contributed by atoms with van der Waals surface area (Å²) in [6.45, 7) is 0. The van der Waals surface area contributed by atoms with Crippen molar-refractivity contribution in [3.8, 4) is 0 Å². The van der Waals surface area contributed by atoms with Crippen LogP contribution in [0.1, 0.15) is 17.2 Å². The second-order valence-corrected chi connectivity index (χ2v) is 5.36. The molecule has 5 heteroatoms. The lowest BCUT2D eigenvalue weighted by atomic mass is 10.0. The van der Waals surface area contributed by atoms with E-state index in [0.717, 1.165) is 0 Å². The molecule has 2 aromatic carbocycles. The maximum atomic E-state index is 13.8. The Labute approximate surface area is 123 Å². The molecule has 0 saturated carbocycles. The topological polar surface area (TPSA) is 20.2 Å². The van der Waals surface area contributed by atoms with Gasteiger partial charge in [-0.25, -0.2) is 8.78 Å². The molecule has 0 radical (unpaired) electrons. The molecule has 2 rings (SSSR count). The van der Waals surface area contributed by atoms with Gasteiger partial charge in [-0.2, -0.15) is 0 Å². The standard InChI is InChI=1S/C14H10BrClF2O/c15-11-3-1-2-10(14(11)18)13(19)6-8-4-5-9(17)7-12(8)16/h1-5,7,13,19H,6H2. The lowest BCUT2D eigenvalue weighted by Gasteiger charge is -2.13. The van der Waals surface area contributed by atoms with Gasteiger partial charge in [0, 0.05) is 17.0 Å². The molecule has 1 atom stereocenters. The Kier molecular flexibility index (Phi) is 4.55. The SMILES string of the molecule is OC(Cc1ccc(F)cc1Cl)c1cccc(Br)c1F. The Hall–Kier alpha value is -0.970. The van der Waals surface area contributed by atoms with Crippen LogP contribution in [-0.2, 0) is 6.42 Å². The minimum Gasteiger partial charge on any atom is -0.388 e. The third kappa shape index (κ3) is 3.32. The summed E-state index contributed by atoms with van der Waals surface area (Å²) in [4.78, 5) is 0. The molecule has 1 N–H and O–H groups in total. The van der Waals surface area contributed by atoms with Crippen molar-refractivity contribution in [3.63, 3.8) is 0 Å². The van der Waals surface area contributed by atoms with Crippen LogP contribution in [0.3, 0.4) is 0 Å². The average molecular weight is 348 g/mol. The van der Waals surface area contributed by atoms with Crippen molar-refractivity contribution in [1.29, 1.82) is 0 Å². The quantitative estimate of drug-likeness (QED) is 0.856. The van der Waals surface area contributed by atoms with Crippen LogP contribution in [0.5, 0.6) is 0 Å². The molecule has 19 heavy (non-hydrogen) atoms. The van der Waals surface area contributed by atoms with Gasteiger partial charge in [0.25, 0.3) is 0 Å². The van der Waals surface area contributed by atoms with Crippen molar-refractivity contribution in [2.75, 3.05) is 0 Å². The molecule has 0 spiro atoms. The van der Waals surface area contributed by atoms with Gasteiger partial charge in [0.15, 0.2) is 0 Å². The predicted octanol–water partition coefficient (Wildman–Crippen LogP) is 4.66. The Balaban J connectivity index is 2.25. The van der Waals surface area contributed by atoms with Gasteiger partial charge in [0.1, 0.15) is 11.6 Å². The van der Waals surface area contributed by atoms with Gasteiger partial charge in [-0.3, -0.25) is 0 Å². The van der Waals surface area contributed by atoms with Crippen LogP contribution in [0, 0.1) is 11.6 Å². The minimum atomic E-state index is -1.04. The lowest BCUT2D eigenvalue weighted by Crippen LogP contribution is -2.05. The van der Waals surface area contributed by atoms with Crippen molar-refractivity contribution in [1.82, 2.24) is 0 Å². The molecule has 1 unspecified atom stereocenters. The van der Waals surface area contributed by atoms with Crippen molar-refractivity contribution in [2.24, 2.45) is 0 Å². The number of hydrogen-bond donors (Lipinski definition) is 1. The zero-order valence-corrected chi connectivity index (χ0v) is 12.0. The Bertz CT molecular complexity index is 604. The van der Waals surface area contributed by atoms with E-state index in [9.17, 15) is 13.9 Å². The first kappa shape index (κ1) is 14.4. The first-order chi connectivity index (χ1) is 8.99. The summed E-state index contributed by atoms with van der Waals surface area (Å²) in [5.74, 6) is -0.954. The third-order valence-corrected chi connectivity index (χ3v) is 3.73. The van der Waals surface area contributed by atoms with Crippen molar-refractivity contribution in [2.45, 2.75) is 12.5 Å². The Morgan fingerprint density at radius 1 is 1.21 bits per heavy atom. The number of benzene rings is 2. The van der Waals surface area contributed by atoms with E-state index in [0.29, 0.717) is 5.56 Å². The molecule has 0 aliphatic heterocycles. The highest BCUT2D eigenvalue weighted by Gasteiger charge is 2.16. The van der Waals surface area contributed by atoms with Crippen LogP contribution in [-0.4, -0.2) is 5.11 Å². The van der Waals surface area contributed by atoms with Crippen molar-refractivity contribution in [3.05, 3.63) is 68.7 Å². The summed E-state index contributed by atoms with van der Waals surface area (Å²) in [7, 11) is 0. The van der Waals surface area contributed by atoms with Crippen LogP contribution in [0.2, 0.25) is 5.02 Å². The molecule has 0 aromatic heterocycles. The van der Waals surface area contributed by atoms with E-state index < -0.39 is 17.7 Å². The van der Waals surface area contributed by atoms with Gasteiger partial charge in [-0.05, 0) is 39.7 Å². The van der Waals surface area contributed by atoms with Crippen molar-refractivity contribution >= 4 is 27.5 Å². The van der Waals surface area contributed by atoms with E-state index in [1.54, 1.807) is 12.1 Å². The molecule has 0 amide bonds. The minimum absolute atomic E-state index is 0.118. The number of hydrogen-bond acceptors (Lipinski definition) is 1. The smallest absolute Gasteiger partial charge is 0.143 e. The first-order valence-corrected chi connectivity index (χ1v) is 6.72. The maximum absolute atomic E-state index is 13.8. The number of aliphatic hydroxyl groups excluding tert-OH is 1. The van der Waals surface area contributed by atoms with Crippen LogP contribution in [0.15, 0.2) is 40.9 Å². The highest BCUT2D eigenvalue weighted by atomic mass is 79.9. The summed E-state index contributed by atoms with van der Waals surface area (Å²) in [5.41, 5.74) is 0.740. The van der Waals surface area contributed by atoms with Crippen LogP contribution in [0.25, 0.3) is 0 Å². The number of rotatable bonds is 3. The van der Waals surface area contributed by atoms with Gasteiger partial charge in [-0.1, -0.05) is 29.8 Å². The van der Waals surface area contributed by atoms with Gasteiger partial charge < -0.3 is 5.11 Å². The molecule has 0 heterocycles. The van der Waals surface area contributed by atoms with E-state index in [1.807, 2.05) is 0 Å². The van der Waals surface area contributed by atoms with Gasteiger partial charge >= 0.3 is 0 Å². The fourth-order valence-electron chi connectivity index (χ4n) is 1.78. The average Bonchev–Trinajstić information content (AvgIpc) is 2.36. The summed E-state index contributed by atoms with van der Waals surface area (Å²) in [6, 6.07) is 8.60. The largest absolute Gasteiger partial charge is 0.388 e. The molecular formula is C14H10BrClF2O. The summed E-state index contributed by atoms with van der Waals surface area (Å²) < 4.78 is 27.0. The molecule has 2 aromatic rings.